The lowest BCUT2D eigenvalue weighted by Crippen LogP contribution is -2.13. The highest BCUT2D eigenvalue weighted by molar-refractivity contribution is 5.76. The number of esters is 1. The van der Waals surface area contributed by atoms with E-state index in [-0.39, 0.29) is 18.0 Å². The van der Waals surface area contributed by atoms with Crippen LogP contribution in [0.1, 0.15) is 13.3 Å². The number of ether oxygens (including phenoxy) is 2. The first-order chi connectivity index (χ1) is 6.15. The fourth-order valence-electron chi connectivity index (χ4n) is 1.05. The molecule has 76 valence electrons. The third-order valence-electron chi connectivity index (χ3n) is 1.76. The molecule has 0 aliphatic heterocycles. The molecule has 0 saturated heterocycles. The lowest BCUT2D eigenvalue weighted by molar-refractivity contribution is -0.146. The summed E-state index contributed by atoms with van der Waals surface area (Å²) in [6.07, 6.45) is -2.32. The largest absolute Gasteiger partial charge is 0.466 e. The maximum absolute atomic E-state index is 11.7. The Hall–Kier alpha value is -0.710. The first kappa shape index (κ1) is 10.4. The Morgan fingerprint density at radius 3 is 2.85 bits per heavy atom. The molecule has 0 unspecified atom stereocenters. The van der Waals surface area contributed by atoms with E-state index in [1.165, 1.54) is 0 Å². The van der Waals surface area contributed by atoms with Gasteiger partial charge in [0.2, 0.25) is 0 Å². The Bertz CT molecular complexity index is 184. The molecular weight excluding hydrogens is 182 g/mol. The molecule has 0 aromatic carbocycles. The number of rotatable bonds is 5. The molecule has 0 aromatic rings. The Kier molecular flexibility index (Phi) is 3.59. The second-order valence-electron chi connectivity index (χ2n) is 2.86. The van der Waals surface area contributed by atoms with E-state index in [0.717, 1.165) is 0 Å². The van der Waals surface area contributed by atoms with Gasteiger partial charge in [-0.3, -0.25) is 4.79 Å². The fourth-order valence-corrected chi connectivity index (χ4v) is 1.05. The van der Waals surface area contributed by atoms with Crippen LogP contribution in [0.3, 0.4) is 0 Å². The van der Waals surface area contributed by atoms with Gasteiger partial charge >= 0.3 is 5.97 Å². The summed E-state index contributed by atoms with van der Waals surface area (Å²) in [5, 5.41) is 0. The zero-order chi connectivity index (χ0) is 9.84. The topological polar surface area (TPSA) is 35.5 Å². The summed E-state index contributed by atoms with van der Waals surface area (Å²) in [6, 6.07) is 0. The summed E-state index contributed by atoms with van der Waals surface area (Å²) < 4.78 is 32.8. The molecule has 1 rings (SSSR count). The molecule has 2 atom stereocenters. The molecule has 1 saturated carbocycles. The predicted octanol–water partition coefficient (Wildman–Crippen LogP) is 1.22. The Balaban J connectivity index is 2.11. The zero-order valence-electron chi connectivity index (χ0n) is 7.33. The maximum Gasteiger partial charge on any atom is 0.311 e. The van der Waals surface area contributed by atoms with Crippen LogP contribution in [0.4, 0.5) is 8.78 Å². The van der Waals surface area contributed by atoms with E-state index in [2.05, 4.69) is 0 Å². The number of hydrogen-bond acceptors (Lipinski definition) is 3. The van der Waals surface area contributed by atoms with Crippen molar-refractivity contribution in [1.82, 2.24) is 0 Å². The normalized spacial score (nSPS) is 26.2. The van der Waals surface area contributed by atoms with Gasteiger partial charge in [0.1, 0.15) is 6.61 Å². The minimum absolute atomic E-state index is 0.316. The molecule has 0 aromatic heterocycles. The van der Waals surface area contributed by atoms with Gasteiger partial charge in [-0.15, -0.1) is 0 Å². The summed E-state index contributed by atoms with van der Waals surface area (Å²) in [4.78, 5) is 11.0. The lowest BCUT2D eigenvalue weighted by atomic mass is 10.4. The second kappa shape index (κ2) is 4.50. The summed E-state index contributed by atoms with van der Waals surface area (Å²) >= 11 is 0. The quantitative estimate of drug-likeness (QED) is 0.617. The number of halogens is 2. The smallest absolute Gasteiger partial charge is 0.311 e. The highest BCUT2D eigenvalue weighted by Gasteiger charge is 2.45. The van der Waals surface area contributed by atoms with Crippen LogP contribution in [0, 0.1) is 5.92 Å². The van der Waals surface area contributed by atoms with E-state index in [1.807, 2.05) is 0 Å². The van der Waals surface area contributed by atoms with Crippen molar-refractivity contribution in [3.8, 4) is 0 Å². The van der Waals surface area contributed by atoms with Gasteiger partial charge in [0, 0.05) is 0 Å². The summed E-state index contributed by atoms with van der Waals surface area (Å²) in [7, 11) is 0. The molecule has 13 heavy (non-hydrogen) atoms. The van der Waals surface area contributed by atoms with E-state index in [0.29, 0.717) is 13.0 Å². The van der Waals surface area contributed by atoms with Crippen molar-refractivity contribution < 1.29 is 23.0 Å². The number of carbonyl (C=O) groups excluding carboxylic acids is 1. The van der Waals surface area contributed by atoms with E-state index >= 15 is 0 Å². The molecule has 0 heterocycles. The molecule has 3 nitrogen and oxygen atoms in total. The zero-order valence-corrected chi connectivity index (χ0v) is 7.33. The summed E-state index contributed by atoms with van der Waals surface area (Å²) in [6.45, 7) is 1.42. The molecule has 0 radical (unpaired) electrons. The van der Waals surface area contributed by atoms with Crippen molar-refractivity contribution in [2.45, 2.75) is 25.9 Å². The van der Waals surface area contributed by atoms with E-state index in [9.17, 15) is 13.6 Å². The van der Waals surface area contributed by atoms with Crippen molar-refractivity contribution in [2.24, 2.45) is 5.92 Å². The molecule has 1 fully saturated rings. The SMILES string of the molecule is CCOC(=O)[C@H]1C[C@@H]1OCC(F)F. The summed E-state index contributed by atoms with van der Waals surface area (Å²) in [5.74, 6) is -0.666. The van der Waals surface area contributed by atoms with Crippen molar-refractivity contribution in [1.29, 1.82) is 0 Å². The third-order valence-corrected chi connectivity index (χ3v) is 1.76. The van der Waals surface area contributed by atoms with Crippen LogP contribution in [0.2, 0.25) is 0 Å². The molecule has 0 N–H and O–H groups in total. The van der Waals surface area contributed by atoms with Gasteiger partial charge in [0.05, 0.1) is 18.6 Å². The molecule has 0 spiro atoms. The minimum atomic E-state index is -2.47. The van der Waals surface area contributed by atoms with Gasteiger partial charge in [0.25, 0.3) is 6.43 Å². The van der Waals surface area contributed by atoms with Gasteiger partial charge in [0.15, 0.2) is 0 Å². The Morgan fingerprint density at radius 2 is 2.31 bits per heavy atom. The molecule has 1 aliphatic rings. The third kappa shape index (κ3) is 3.26. The maximum atomic E-state index is 11.7. The average Bonchev–Trinajstić information content (AvgIpc) is 2.80. The van der Waals surface area contributed by atoms with Gasteiger partial charge in [-0.05, 0) is 13.3 Å². The van der Waals surface area contributed by atoms with Crippen LogP contribution in [-0.2, 0) is 14.3 Å². The molecule has 5 heteroatoms. The standard InChI is InChI=1S/C8H12F2O3/c1-2-12-8(11)5-3-6(5)13-4-7(9)10/h5-7H,2-4H2,1H3/t5-,6-/m0/s1. The van der Waals surface area contributed by atoms with E-state index in [4.69, 9.17) is 9.47 Å². The molecule has 1 aliphatic carbocycles. The monoisotopic (exact) mass is 194 g/mol. The van der Waals surface area contributed by atoms with Crippen molar-refractivity contribution in [3.63, 3.8) is 0 Å². The van der Waals surface area contributed by atoms with Crippen molar-refractivity contribution in [2.75, 3.05) is 13.2 Å². The Morgan fingerprint density at radius 1 is 1.62 bits per heavy atom. The minimum Gasteiger partial charge on any atom is -0.466 e. The molecular formula is C8H12F2O3. The van der Waals surface area contributed by atoms with Gasteiger partial charge < -0.3 is 9.47 Å². The van der Waals surface area contributed by atoms with Crippen LogP contribution in [0.25, 0.3) is 0 Å². The average molecular weight is 194 g/mol. The van der Waals surface area contributed by atoms with Crippen LogP contribution in [-0.4, -0.2) is 31.7 Å². The number of hydrogen-bond donors (Lipinski definition) is 0. The first-order valence-corrected chi connectivity index (χ1v) is 4.21. The number of alkyl halides is 2. The second-order valence-corrected chi connectivity index (χ2v) is 2.86. The van der Waals surface area contributed by atoms with Crippen molar-refractivity contribution in [3.05, 3.63) is 0 Å². The van der Waals surface area contributed by atoms with Crippen LogP contribution < -0.4 is 0 Å². The highest BCUT2D eigenvalue weighted by Crippen LogP contribution is 2.34. The predicted molar refractivity (Wildman–Crippen MR) is 40.5 cm³/mol. The van der Waals surface area contributed by atoms with Gasteiger partial charge in [-0.2, -0.15) is 0 Å². The fraction of sp³-hybridized carbons (Fsp3) is 0.875. The first-order valence-electron chi connectivity index (χ1n) is 4.21. The van der Waals surface area contributed by atoms with Gasteiger partial charge in [-0.25, -0.2) is 8.78 Å². The van der Waals surface area contributed by atoms with Crippen LogP contribution >= 0.6 is 0 Å². The van der Waals surface area contributed by atoms with Crippen molar-refractivity contribution >= 4 is 5.97 Å². The van der Waals surface area contributed by atoms with E-state index in [1.54, 1.807) is 6.92 Å². The van der Waals surface area contributed by atoms with Gasteiger partial charge in [-0.1, -0.05) is 0 Å². The van der Waals surface area contributed by atoms with E-state index < -0.39 is 13.0 Å². The molecule has 0 amide bonds. The summed E-state index contributed by atoms with van der Waals surface area (Å²) in [5.41, 5.74) is 0. The Labute approximate surface area is 75.0 Å². The number of carbonyl (C=O) groups is 1. The molecule has 0 bridgehead atoms. The highest BCUT2D eigenvalue weighted by atomic mass is 19.3. The lowest BCUT2D eigenvalue weighted by Gasteiger charge is -2.02. The van der Waals surface area contributed by atoms with Crippen LogP contribution in [0.15, 0.2) is 0 Å². The van der Waals surface area contributed by atoms with Crippen LogP contribution in [0.5, 0.6) is 0 Å².